The van der Waals surface area contributed by atoms with Crippen molar-refractivity contribution in [1.29, 1.82) is 0 Å². The Kier molecular flexibility index (Phi) is 8.63. The smallest absolute Gasteiger partial charge is 0.362 e. The van der Waals surface area contributed by atoms with Crippen molar-refractivity contribution in [2.45, 2.75) is 61.0 Å². The van der Waals surface area contributed by atoms with Crippen molar-refractivity contribution in [3.63, 3.8) is 0 Å². The summed E-state index contributed by atoms with van der Waals surface area (Å²) in [7, 11) is -4.95. The SMILES string of the molecule is O=C(NS(=O)(=O)OC[C@H]1O[C@@H](n2ccc(=O)[nH]c2=O)[C@H](O)[C@@H]1O)C1N[C@H]([C@H](O)CO)[C@H](O)[C@H](O)[C@H]1O. The molecule has 0 spiro atoms. The van der Waals surface area contributed by atoms with Gasteiger partial charge in [0, 0.05) is 12.3 Å². The maximum absolute atomic E-state index is 12.4. The molecule has 2 aliphatic rings. The molecule has 18 nitrogen and oxygen atoms in total. The summed E-state index contributed by atoms with van der Waals surface area (Å²) in [4.78, 5) is 37.4. The van der Waals surface area contributed by atoms with Crippen LogP contribution >= 0.6 is 0 Å². The lowest BCUT2D eigenvalue weighted by molar-refractivity contribution is -0.150. The quantitative estimate of drug-likeness (QED) is 0.146. The van der Waals surface area contributed by atoms with E-state index >= 15 is 0 Å². The number of aromatic nitrogens is 2. The van der Waals surface area contributed by atoms with E-state index in [-0.39, 0.29) is 0 Å². The second-order valence-corrected chi connectivity index (χ2v) is 9.51. The number of aliphatic hydroxyl groups is 7. The number of rotatable bonds is 8. The van der Waals surface area contributed by atoms with Crippen LogP contribution in [-0.4, -0.2) is 128 Å². The third kappa shape index (κ3) is 5.81. The first-order valence-electron chi connectivity index (χ1n) is 10.4. The summed E-state index contributed by atoms with van der Waals surface area (Å²) in [5.74, 6) is -1.46. The van der Waals surface area contributed by atoms with Crippen molar-refractivity contribution in [2.75, 3.05) is 13.2 Å². The van der Waals surface area contributed by atoms with E-state index in [1.807, 2.05) is 4.98 Å². The summed E-state index contributed by atoms with van der Waals surface area (Å²) in [6, 6.07) is -2.44. The van der Waals surface area contributed by atoms with E-state index in [9.17, 15) is 53.4 Å². The zero-order valence-electron chi connectivity index (χ0n) is 18.2. The highest BCUT2D eigenvalue weighted by Gasteiger charge is 2.48. The van der Waals surface area contributed by atoms with Crippen molar-refractivity contribution in [3.05, 3.63) is 33.1 Å². The first-order chi connectivity index (χ1) is 16.8. The average Bonchev–Trinajstić information content (AvgIpc) is 3.09. The van der Waals surface area contributed by atoms with Gasteiger partial charge >= 0.3 is 16.0 Å². The summed E-state index contributed by atoms with van der Waals surface area (Å²) >= 11 is 0. The molecule has 0 saturated carbocycles. The predicted molar refractivity (Wildman–Crippen MR) is 112 cm³/mol. The first kappa shape index (κ1) is 28.3. The predicted octanol–water partition coefficient (Wildman–Crippen LogP) is -7.69. The van der Waals surface area contributed by atoms with Gasteiger partial charge in [-0.15, -0.1) is 0 Å². The summed E-state index contributed by atoms with van der Waals surface area (Å²) < 4.78 is 36.5. The molecule has 2 fully saturated rings. The van der Waals surface area contributed by atoms with Gasteiger partial charge in [-0.1, -0.05) is 0 Å². The van der Waals surface area contributed by atoms with Gasteiger partial charge in [0.1, 0.15) is 42.7 Å². The number of aromatic amines is 1. The molecular formula is C17H26N4O14S. The highest BCUT2D eigenvalue weighted by molar-refractivity contribution is 7.85. The summed E-state index contributed by atoms with van der Waals surface area (Å²) in [6.45, 7) is -1.85. The zero-order chi connectivity index (χ0) is 26.9. The van der Waals surface area contributed by atoms with Crippen LogP contribution in [0.15, 0.2) is 21.9 Å². The largest absolute Gasteiger partial charge is 0.394 e. The number of nitrogens with zero attached hydrogens (tertiary/aromatic N) is 1. The Bertz CT molecular complexity index is 1160. The summed E-state index contributed by atoms with van der Waals surface area (Å²) in [5.41, 5.74) is -1.71. The average molecular weight is 542 g/mol. The summed E-state index contributed by atoms with van der Waals surface area (Å²) in [5, 5.41) is 71.2. The van der Waals surface area contributed by atoms with Crippen molar-refractivity contribution >= 4 is 16.2 Å². The highest BCUT2D eigenvalue weighted by Crippen LogP contribution is 2.28. The van der Waals surface area contributed by atoms with Gasteiger partial charge in [0.15, 0.2) is 6.23 Å². The minimum Gasteiger partial charge on any atom is -0.394 e. The van der Waals surface area contributed by atoms with Crippen LogP contribution in [0.4, 0.5) is 0 Å². The van der Waals surface area contributed by atoms with Crippen molar-refractivity contribution in [1.82, 2.24) is 19.6 Å². The molecule has 2 saturated heterocycles. The topological polar surface area (TPSA) is 290 Å². The van der Waals surface area contributed by atoms with E-state index in [0.29, 0.717) is 0 Å². The molecule has 0 bridgehead atoms. The van der Waals surface area contributed by atoms with Crippen LogP contribution in [-0.2, 0) is 24.0 Å². The Morgan fingerprint density at radius 1 is 1.11 bits per heavy atom. The Morgan fingerprint density at radius 2 is 1.78 bits per heavy atom. The second-order valence-electron chi connectivity index (χ2n) is 8.16. The van der Waals surface area contributed by atoms with Crippen LogP contribution in [0.2, 0.25) is 0 Å². The lowest BCUT2D eigenvalue weighted by Crippen LogP contribution is -2.71. The number of nitrogens with one attached hydrogen (secondary N) is 3. The van der Waals surface area contributed by atoms with Gasteiger partial charge in [-0.3, -0.25) is 28.6 Å². The molecule has 10 atom stereocenters. The first-order valence-corrected chi connectivity index (χ1v) is 11.8. The minimum absolute atomic E-state index is 0.734. The summed E-state index contributed by atoms with van der Waals surface area (Å²) in [6.07, 6.45) is -13.0. The molecule has 1 unspecified atom stereocenters. The van der Waals surface area contributed by atoms with Crippen molar-refractivity contribution in [3.8, 4) is 0 Å². The van der Waals surface area contributed by atoms with Gasteiger partial charge < -0.3 is 40.5 Å². The van der Waals surface area contributed by atoms with Gasteiger partial charge in [0.25, 0.3) is 11.5 Å². The van der Waals surface area contributed by atoms with Gasteiger partial charge in [0.05, 0.1) is 25.4 Å². The van der Waals surface area contributed by atoms with Crippen molar-refractivity contribution < 1.29 is 57.9 Å². The van der Waals surface area contributed by atoms with Crippen LogP contribution in [0.1, 0.15) is 6.23 Å². The molecule has 36 heavy (non-hydrogen) atoms. The number of hydrogen-bond acceptors (Lipinski definition) is 15. The standard InChI is InChI=1S/C17H26N4O14S/c22-3-5(23)8-11(26)13(28)12(27)9(19-8)15(30)20-36(32,33)34-4-6-10(25)14(29)16(35-6)21-2-1-7(24)18-17(21)31/h1-2,5-6,8-14,16,19,22-23,25-29H,3-4H2,(H,20,30)(H,18,24,31)/t5-,6-,8-,9?,10-,11+,12+,13+,14-,16-/m1/s1. The normalized spacial score (nSPS) is 35.9. The number of aliphatic hydroxyl groups excluding tert-OH is 7. The lowest BCUT2D eigenvalue weighted by Gasteiger charge is -2.42. The molecule has 19 heteroatoms. The lowest BCUT2D eigenvalue weighted by atomic mass is 9.87. The van der Waals surface area contributed by atoms with Gasteiger partial charge in [-0.05, 0) is 0 Å². The zero-order valence-corrected chi connectivity index (χ0v) is 19.0. The van der Waals surface area contributed by atoms with E-state index < -0.39 is 102 Å². The van der Waals surface area contributed by atoms with Crippen LogP contribution < -0.4 is 21.3 Å². The maximum atomic E-state index is 12.4. The molecule has 2 aliphatic heterocycles. The number of carbonyl (C=O) groups excluding carboxylic acids is 1. The molecule has 3 heterocycles. The Hall–Kier alpha value is -2.30. The fourth-order valence-corrected chi connectivity index (χ4v) is 4.54. The molecule has 0 aliphatic carbocycles. The molecule has 1 aromatic rings. The molecule has 3 rings (SSSR count). The van der Waals surface area contributed by atoms with Crippen molar-refractivity contribution in [2.24, 2.45) is 0 Å². The third-order valence-electron chi connectivity index (χ3n) is 5.74. The van der Waals surface area contributed by atoms with E-state index in [0.717, 1.165) is 16.8 Å². The molecule has 1 amide bonds. The fourth-order valence-electron chi connectivity index (χ4n) is 3.80. The fraction of sp³-hybridized carbons (Fsp3) is 0.706. The third-order valence-corrected chi connectivity index (χ3v) is 6.64. The Labute approximate surface area is 201 Å². The van der Waals surface area contributed by atoms with Crippen LogP contribution in [0.25, 0.3) is 0 Å². The van der Waals surface area contributed by atoms with Crippen LogP contribution in [0.5, 0.6) is 0 Å². The van der Waals surface area contributed by atoms with E-state index in [1.54, 1.807) is 0 Å². The molecule has 204 valence electrons. The molecule has 1 aromatic heterocycles. The van der Waals surface area contributed by atoms with Crippen LogP contribution in [0, 0.1) is 0 Å². The van der Waals surface area contributed by atoms with E-state index in [2.05, 4.69) is 9.50 Å². The number of ether oxygens (including phenoxy) is 1. The second kappa shape index (κ2) is 11.0. The molecular weight excluding hydrogens is 516 g/mol. The number of amides is 1. The Morgan fingerprint density at radius 3 is 2.39 bits per heavy atom. The maximum Gasteiger partial charge on any atom is 0.362 e. The Balaban J connectivity index is 1.64. The highest BCUT2D eigenvalue weighted by atomic mass is 32.2. The van der Waals surface area contributed by atoms with E-state index in [4.69, 9.17) is 9.84 Å². The van der Waals surface area contributed by atoms with Gasteiger partial charge in [-0.25, -0.2) is 9.52 Å². The number of H-pyrrole nitrogens is 1. The molecule has 10 N–H and O–H groups in total. The van der Waals surface area contributed by atoms with E-state index in [1.165, 1.54) is 4.72 Å². The molecule has 0 radical (unpaired) electrons. The number of hydrogen-bond donors (Lipinski definition) is 10. The van der Waals surface area contributed by atoms with Crippen LogP contribution in [0.3, 0.4) is 0 Å². The van der Waals surface area contributed by atoms with Gasteiger partial charge in [0.2, 0.25) is 0 Å². The monoisotopic (exact) mass is 542 g/mol. The molecule has 0 aromatic carbocycles. The minimum atomic E-state index is -4.95. The number of carbonyl (C=O) groups is 1. The van der Waals surface area contributed by atoms with Gasteiger partial charge in [-0.2, -0.15) is 8.42 Å². The number of piperidine rings is 1.